The van der Waals surface area contributed by atoms with Gasteiger partial charge >= 0.3 is 12.2 Å². The molecule has 6 nitrogen and oxygen atoms in total. The van der Waals surface area contributed by atoms with Gasteiger partial charge in [0.05, 0.1) is 11.3 Å². The van der Waals surface area contributed by atoms with Gasteiger partial charge in [0.25, 0.3) is 0 Å². The van der Waals surface area contributed by atoms with Crippen LogP contribution in [-0.4, -0.2) is 14.4 Å². The van der Waals surface area contributed by atoms with Crippen molar-refractivity contribution in [3.8, 4) is 10.4 Å². The Kier molecular flexibility index (Phi) is 4.37. The van der Waals surface area contributed by atoms with Gasteiger partial charge in [-0.15, -0.1) is 11.3 Å². The number of hydrogen-bond acceptors (Lipinski definition) is 4. The van der Waals surface area contributed by atoms with Crippen molar-refractivity contribution in [1.29, 1.82) is 0 Å². The molecule has 0 atom stereocenters. The lowest BCUT2D eigenvalue weighted by Crippen LogP contribution is -2.21. The summed E-state index contributed by atoms with van der Waals surface area (Å²) in [7, 11) is -4.13. The van der Waals surface area contributed by atoms with Crippen LogP contribution in [0.2, 0.25) is 0 Å². The van der Waals surface area contributed by atoms with E-state index in [0.29, 0.717) is 21.8 Å². The van der Waals surface area contributed by atoms with Crippen LogP contribution in [0.25, 0.3) is 10.4 Å². The molecular formula is C12H10F3N3O3S2. The van der Waals surface area contributed by atoms with Gasteiger partial charge < -0.3 is 11.1 Å². The molecule has 0 saturated heterocycles. The Morgan fingerprint density at radius 3 is 2.17 bits per heavy atom. The second-order valence-electron chi connectivity index (χ2n) is 4.42. The average Bonchev–Trinajstić information content (AvgIpc) is 2.81. The number of urea groups is 1. The lowest BCUT2D eigenvalue weighted by atomic mass is 10.1. The van der Waals surface area contributed by atoms with E-state index in [0.717, 1.165) is 12.1 Å². The number of primary amides is 1. The van der Waals surface area contributed by atoms with E-state index in [1.54, 1.807) is 0 Å². The Balaban J connectivity index is 2.48. The maximum atomic E-state index is 12.5. The van der Waals surface area contributed by atoms with Crippen LogP contribution in [0.1, 0.15) is 5.56 Å². The fourth-order valence-electron chi connectivity index (χ4n) is 1.77. The summed E-state index contributed by atoms with van der Waals surface area (Å²) in [6.45, 7) is 0. The van der Waals surface area contributed by atoms with E-state index >= 15 is 0 Å². The van der Waals surface area contributed by atoms with Gasteiger partial charge in [-0.05, 0) is 23.8 Å². The molecule has 0 bridgehead atoms. The zero-order chi connectivity index (χ0) is 17.4. The predicted molar refractivity (Wildman–Crippen MR) is 79.3 cm³/mol. The van der Waals surface area contributed by atoms with E-state index in [1.807, 2.05) is 0 Å². The van der Waals surface area contributed by atoms with Crippen molar-refractivity contribution in [1.82, 2.24) is 0 Å². The lowest BCUT2D eigenvalue weighted by Gasteiger charge is -2.06. The lowest BCUT2D eigenvalue weighted by molar-refractivity contribution is -0.137. The number of amides is 2. The third-order valence-electron chi connectivity index (χ3n) is 2.71. The number of halogens is 3. The molecule has 0 aliphatic heterocycles. The molecule has 0 unspecified atom stereocenters. The highest BCUT2D eigenvalue weighted by atomic mass is 32.2. The number of nitrogens with one attached hydrogen (secondary N) is 1. The quantitative estimate of drug-likeness (QED) is 0.776. The smallest absolute Gasteiger partial charge is 0.351 e. The summed E-state index contributed by atoms with van der Waals surface area (Å²) in [5, 5.41) is 7.16. The third-order valence-corrected chi connectivity index (χ3v) is 5.37. The molecule has 2 rings (SSSR count). The normalized spacial score (nSPS) is 12.2. The van der Waals surface area contributed by atoms with Crippen LogP contribution in [0.5, 0.6) is 0 Å². The first-order valence-electron chi connectivity index (χ1n) is 5.89. The highest BCUT2D eigenvalue weighted by Crippen LogP contribution is 2.38. The first-order chi connectivity index (χ1) is 10.5. The number of alkyl halides is 3. The van der Waals surface area contributed by atoms with Gasteiger partial charge in [-0.2, -0.15) is 13.2 Å². The van der Waals surface area contributed by atoms with Crippen molar-refractivity contribution in [2.45, 2.75) is 10.4 Å². The predicted octanol–water partition coefficient (Wildman–Crippen LogP) is 2.57. The van der Waals surface area contributed by atoms with E-state index in [4.69, 9.17) is 10.9 Å². The molecule has 0 fully saturated rings. The first-order valence-corrected chi connectivity index (χ1v) is 8.25. The maximum Gasteiger partial charge on any atom is 0.416 e. The Morgan fingerprint density at radius 2 is 1.74 bits per heavy atom. The summed E-state index contributed by atoms with van der Waals surface area (Å²) in [5.74, 6) is 0. The number of benzene rings is 1. The SMILES string of the molecule is NC(=O)Nc1cc(-c2ccc(C(F)(F)F)cc2)sc1S(N)(=O)=O. The number of anilines is 1. The van der Waals surface area contributed by atoms with Crippen molar-refractivity contribution >= 4 is 33.1 Å². The van der Waals surface area contributed by atoms with Crippen LogP contribution in [0.15, 0.2) is 34.5 Å². The van der Waals surface area contributed by atoms with Gasteiger partial charge in [0, 0.05) is 4.88 Å². The summed E-state index contributed by atoms with van der Waals surface area (Å²) >= 11 is 0.710. The van der Waals surface area contributed by atoms with Crippen molar-refractivity contribution in [2.24, 2.45) is 10.9 Å². The molecular weight excluding hydrogens is 355 g/mol. The molecule has 0 radical (unpaired) electrons. The number of hydrogen-bond donors (Lipinski definition) is 3. The Bertz CT molecular complexity index is 843. The molecule has 0 saturated carbocycles. The Labute approximate surface area is 133 Å². The highest BCUT2D eigenvalue weighted by molar-refractivity contribution is 7.91. The molecule has 5 N–H and O–H groups in total. The number of carbonyl (C=O) groups is 1. The molecule has 0 spiro atoms. The van der Waals surface area contributed by atoms with Crippen molar-refractivity contribution in [3.63, 3.8) is 0 Å². The molecule has 1 heterocycles. The van der Waals surface area contributed by atoms with Crippen molar-refractivity contribution < 1.29 is 26.4 Å². The van der Waals surface area contributed by atoms with Crippen LogP contribution >= 0.6 is 11.3 Å². The monoisotopic (exact) mass is 365 g/mol. The number of sulfonamides is 1. The summed E-state index contributed by atoms with van der Waals surface area (Å²) in [5.41, 5.74) is 4.33. The minimum atomic E-state index is -4.47. The molecule has 1 aromatic heterocycles. The zero-order valence-corrected chi connectivity index (χ0v) is 12.8. The molecule has 0 aliphatic carbocycles. The molecule has 124 valence electrons. The van der Waals surface area contributed by atoms with Crippen LogP contribution in [-0.2, 0) is 16.2 Å². The van der Waals surface area contributed by atoms with Crippen molar-refractivity contribution in [2.75, 3.05) is 5.32 Å². The van der Waals surface area contributed by atoms with Gasteiger partial charge in [-0.3, -0.25) is 0 Å². The number of rotatable bonds is 3. The Hall–Kier alpha value is -2.11. The average molecular weight is 365 g/mol. The second-order valence-corrected chi connectivity index (χ2v) is 7.23. The molecule has 0 aliphatic rings. The number of primary sulfonamides is 1. The standard InChI is InChI=1S/C12H10F3N3O3S2/c13-12(14,15)7-3-1-6(2-4-7)9-5-8(18-11(16)19)10(22-9)23(17,20)21/h1-5H,(H3,16,18,19)(H2,17,20,21). The first kappa shape index (κ1) is 17.2. The number of thiophene rings is 1. The van der Waals surface area contributed by atoms with E-state index in [2.05, 4.69) is 5.32 Å². The van der Waals surface area contributed by atoms with E-state index in [1.165, 1.54) is 18.2 Å². The largest absolute Gasteiger partial charge is 0.416 e. The summed E-state index contributed by atoms with van der Waals surface area (Å²) in [6, 6.07) is 4.40. The fraction of sp³-hybridized carbons (Fsp3) is 0.0833. The number of carbonyl (C=O) groups excluding carboxylic acids is 1. The highest BCUT2D eigenvalue weighted by Gasteiger charge is 2.30. The van der Waals surface area contributed by atoms with E-state index in [-0.39, 0.29) is 9.90 Å². The van der Waals surface area contributed by atoms with Crippen LogP contribution in [0.3, 0.4) is 0 Å². The van der Waals surface area contributed by atoms with Gasteiger partial charge in [0.2, 0.25) is 10.0 Å². The molecule has 2 amide bonds. The summed E-state index contributed by atoms with van der Waals surface area (Å²) in [4.78, 5) is 11.2. The molecule has 1 aromatic carbocycles. The number of nitrogens with two attached hydrogens (primary N) is 2. The summed E-state index contributed by atoms with van der Waals surface area (Å²) < 4.78 is 60.3. The van der Waals surface area contributed by atoms with Crippen LogP contribution in [0.4, 0.5) is 23.7 Å². The Morgan fingerprint density at radius 1 is 1.17 bits per heavy atom. The van der Waals surface area contributed by atoms with Gasteiger partial charge in [0.15, 0.2) is 4.21 Å². The minimum Gasteiger partial charge on any atom is -0.351 e. The molecule has 23 heavy (non-hydrogen) atoms. The van der Waals surface area contributed by atoms with E-state index < -0.39 is 27.8 Å². The molecule has 11 heteroatoms. The van der Waals surface area contributed by atoms with Crippen LogP contribution in [0, 0.1) is 0 Å². The maximum absolute atomic E-state index is 12.5. The topological polar surface area (TPSA) is 115 Å². The van der Waals surface area contributed by atoms with Gasteiger partial charge in [0.1, 0.15) is 0 Å². The van der Waals surface area contributed by atoms with E-state index in [9.17, 15) is 26.4 Å². The molecule has 2 aromatic rings. The third kappa shape index (κ3) is 4.00. The second kappa shape index (κ2) is 5.83. The van der Waals surface area contributed by atoms with Gasteiger partial charge in [-0.25, -0.2) is 18.4 Å². The van der Waals surface area contributed by atoms with Gasteiger partial charge in [-0.1, -0.05) is 12.1 Å². The fourth-order valence-corrected chi connectivity index (χ4v) is 3.77. The minimum absolute atomic E-state index is 0.125. The van der Waals surface area contributed by atoms with Crippen LogP contribution < -0.4 is 16.2 Å². The van der Waals surface area contributed by atoms with Crippen molar-refractivity contribution in [3.05, 3.63) is 35.9 Å². The summed E-state index contributed by atoms with van der Waals surface area (Å²) in [6.07, 6.45) is -4.47. The zero-order valence-electron chi connectivity index (χ0n) is 11.2.